The van der Waals surface area contributed by atoms with Crippen LogP contribution >= 0.6 is 0 Å². The summed E-state index contributed by atoms with van der Waals surface area (Å²) in [5.41, 5.74) is -1.62. The number of aliphatic hydroxyl groups is 8. The van der Waals surface area contributed by atoms with Crippen molar-refractivity contribution in [3.05, 3.63) is 23.3 Å². The van der Waals surface area contributed by atoms with Gasteiger partial charge in [-0.05, 0) is 98.2 Å². The Balaban J connectivity index is 1.22. The van der Waals surface area contributed by atoms with Crippen molar-refractivity contribution < 1.29 is 74.5 Å². The number of carbonyl (C=O) groups is 2. The highest BCUT2D eigenvalue weighted by Gasteiger charge is 2.70. The summed E-state index contributed by atoms with van der Waals surface area (Å²) in [5, 5.41) is 93.6. The largest absolute Gasteiger partial charge is 0.481 e. The Morgan fingerprint density at radius 3 is 1.88 bits per heavy atom. The Morgan fingerprint density at radius 1 is 0.702 bits per heavy atom. The highest BCUT2D eigenvalue weighted by Crippen LogP contribution is 2.75. The molecular formula is C42H64O15. The van der Waals surface area contributed by atoms with Crippen LogP contribution in [0.5, 0.6) is 0 Å². The molecule has 2 aliphatic heterocycles. The lowest BCUT2D eigenvalue weighted by Crippen LogP contribution is -2.65. The normalized spacial score (nSPS) is 51.9. The molecule has 15 heteroatoms. The Hall–Kier alpha value is -2.02. The van der Waals surface area contributed by atoms with Crippen LogP contribution in [0.3, 0.4) is 0 Å². The summed E-state index contributed by atoms with van der Waals surface area (Å²) in [6.07, 6.45) is -6.73. The van der Waals surface area contributed by atoms with Gasteiger partial charge >= 0.3 is 11.9 Å². The maximum Gasteiger partial charge on any atom is 0.315 e. The van der Waals surface area contributed by atoms with Crippen molar-refractivity contribution in [2.75, 3.05) is 13.2 Å². The number of allylic oxidation sites excluding steroid dienone is 4. The van der Waals surface area contributed by atoms with Crippen LogP contribution in [0, 0.1) is 44.3 Å². The number of hydrogen-bond donors (Lipinski definition) is 9. The van der Waals surface area contributed by atoms with E-state index in [0.717, 1.165) is 17.6 Å². The molecule has 2 heterocycles. The highest BCUT2D eigenvalue weighted by atomic mass is 16.7. The molecule has 0 amide bonds. The van der Waals surface area contributed by atoms with Gasteiger partial charge in [-0.15, -0.1) is 0 Å². The standard InChI is InChI=1S/C42H64O15/c1-37(2)13-15-42(36(53)57-34-32(50)30(48)28(46)23(19-44)55-34)16-14-39(4)20(21(42)17-37)7-8-24-38(3)11-10-26(41(6,35(51)52)25(38)9-12-40(24,39)5)56-33-31(49)29(47)27(45)22(18-43)54-33/h7-8,21-23,25-34,43-50H,9-19H2,1-6H3,(H,51,52). The molecule has 6 fully saturated rings. The van der Waals surface area contributed by atoms with Gasteiger partial charge in [0.1, 0.15) is 48.8 Å². The molecule has 5 aliphatic carbocycles. The van der Waals surface area contributed by atoms with E-state index in [0.29, 0.717) is 51.4 Å². The number of aliphatic hydroxyl groups excluding tert-OH is 8. The Kier molecular flexibility index (Phi) is 11.0. The van der Waals surface area contributed by atoms with Crippen LogP contribution in [0.2, 0.25) is 0 Å². The summed E-state index contributed by atoms with van der Waals surface area (Å²) < 4.78 is 23.5. The SMILES string of the molecule is CC1(C)CCC2(C(=O)OC3OC(CO)C(O)C(O)C3O)CCC3(C)C(=CC=C4C5(C)CCC(OC6OC(CO)C(O)C(O)C6O)C(C)(C(=O)O)C5CCC43C)C2C1. The number of aliphatic carboxylic acids is 1. The van der Waals surface area contributed by atoms with Crippen LogP contribution in [-0.2, 0) is 28.5 Å². The number of carboxylic acids is 1. The van der Waals surface area contributed by atoms with Crippen LogP contribution in [0.15, 0.2) is 23.3 Å². The second-order valence-electron chi connectivity index (χ2n) is 20.0. The van der Waals surface area contributed by atoms with E-state index in [9.17, 15) is 55.5 Å². The van der Waals surface area contributed by atoms with E-state index in [1.807, 2.05) is 0 Å². The van der Waals surface area contributed by atoms with Gasteiger partial charge in [-0.2, -0.15) is 0 Å². The van der Waals surface area contributed by atoms with E-state index >= 15 is 0 Å². The van der Waals surface area contributed by atoms with Crippen molar-refractivity contribution in [2.45, 2.75) is 167 Å². The summed E-state index contributed by atoms with van der Waals surface area (Å²) >= 11 is 0. The van der Waals surface area contributed by atoms with Crippen LogP contribution in [0.25, 0.3) is 0 Å². The topological polar surface area (TPSA) is 253 Å². The van der Waals surface area contributed by atoms with E-state index < -0.39 is 126 Å². The average molecular weight is 809 g/mol. The molecule has 57 heavy (non-hydrogen) atoms. The Labute approximate surface area is 333 Å². The smallest absolute Gasteiger partial charge is 0.315 e. The van der Waals surface area contributed by atoms with E-state index in [1.54, 1.807) is 6.92 Å². The number of ether oxygens (including phenoxy) is 4. The highest BCUT2D eigenvalue weighted by molar-refractivity contribution is 5.79. The third kappa shape index (κ3) is 6.23. The maximum atomic E-state index is 14.5. The molecule has 0 radical (unpaired) electrons. The fourth-order valence-electron chi connectivity index (χ4n) is 12.8. The first-order valence-electron chi connectivity index (χ1n) is 20.7. The van der Waals surface area contributed by atoms with Gasteiger partial charge in [-0.1, -0.05) is 57.9 Å². The molecule has 2 saturated heterocycles. The van der Waals surface area contributed by atoms with Crippen LogP contribution in [0.4, 0.5) is 0 Å². The van der Waals surface area contributed by atoms with E-state index in [2.05, 4.69) is 46.8 Å². The molecule has 0 spiro atoms. The first-order chi connectivity index (χ1) is 26.6. The van der Waals surface area contributed by atoms with Crippen molar-refractivity contribution in [3.8, 4) is 0 Å². The van der Waals surface area contributed by atoms with Gasteiger partial charge in [-0.25, -0.2) is 0 Å². The predicted octanol–water partition coefficient (Wildman–Crippen LogP) is 1.30. The van der Waals surface area contributed by atoms with Crippen molar-refractivity contribution >= 4 is 11.9 Å². The van der Waals surface area contributed by atoms with Gasteiger partial charge < -0.3 is 64.9 Å². The quantitative estimate of drug-likeness (QED) is 0.130. The summed E-state index contributed by atoms with van der Waals surface area (Å²) in [4.78, 5) is 28.0. The zero-order valence-corrected chi connectivity index (χ0v) is 33.9. The third-order valence-corrected chi connectivity index (χ3v) is 16.7. The molecule has 0 aromatic rings. The molecule has 7 rings (SSSR count). The van der Waals surface area contributed by atoms with Crippen LogP contribution in [-0.4, -0.2) is 139 Å². The van der Waals surface area contributed by atoms with Crippen LogP contribution < -0.4 is 0 Å². The molecule has 4 saturated carbocycles. The number of hydrogen-bond acceptors (Lipinski definition) is 14. The number of carboxylic acid groups (broad SMARTS) is 1. The summed E-state index contributed by atoms with van der Waals surface area (Å²) in [6, 6.07) is 0. The summed E-state index contributed by atoms with van der Waals surface area (Å²) in [7, 11) is 0. The maximum absolute atomic E-state index is 14.5. The number of rotatable bonds is 7. The molecular weight excluding hydrogens is 744 g/mol. The van der Waals surface area contributed by atoms with Gasteiger partial charge in [0.15, 0.2) is 6.29 Å². The third-order valence-electron chi connectivity index (χ3n) is 16.7. The Bertz CT molecular complexity index is 1640. The lowest BCUT2D eigenvalue weighted by atomic mass is 9.36. The fraction of sp³-hybridized carbons (Fsp3) is 0.857. The second kappa shape index (κ2) is 14.6. The molecule has 9 N–H and O–H groups in total. The summed E-state index contributed by atoms with van der Waals surface area (Å²) in [6.45, 7) is 11.5. The van der Waals surface area contributed by atoms with Gasteiger partial charge in [0.2, 0.25) is 6.29 Å². The molecule has 0 bridgehead atoms. The zero-order chi connectivity index (χ0) is 41.8. The minimum absolute atomic E-state index is 0.103. The van der Waals surface area contributed by atoms with Crippen molar-refractivity contribution in [2.24, 2.45) is 44.3 Å². The molecule has 15 nitrogen and oxygen atoms in total. The molecule has 322 valence electrons. The zero-order valence-electron chi connectivity index (χ0n) is 33.9. The van der Waals surface area contributed by atoms with Crippen molar-refractivity contribution in [3.63, 3.8) is 0 Å². The van der Waals surface area contributed by atoms with Gasteiger partial charge in [0.05, 0.1) is 30.1 Å². The Morgan fingerprint density at radius 2 is 1.28 bits per heavy atom. The van der Waals surface area contributed by atoms with Crippen molar-refractivity contribution in [1.82, 2.24) is 0 Å². The lowest BCUT2D eigenvalue weighted by Gasteiger charge is -2.68. The number of esters is 1. The van der Waals surface area contributed by atoms with E-state index in [-0.39, 0.29) is 11.3 Å². The molecule has 0 aromatic carbocycles. The van der Waals surface area contributed by atoms with Crippen LogP contribution in [0.1, 0.15) is 99.3 Å². The van der Waals surface area contributed by atoms with Gasteiger partial charge in [-0.3, -0.25) is 9.59 Å². The summed E-state index contributed by atoms with van der Waals surface area (Å²) in [5.74, 6) is -2.22. The van der Waals surface area contributed by atoms with E-state index in [4.69, 9.17) is 18.9 Å². The minimum Gasteiger partial charge on any atom is -0.481 e. The molecule has 7 aliphatic rings. The van der Waals surface area contributed by atoms with Crippen molar-refractivity contribution in [1.29, 1.82) is 0 Å². The fourth-order valence-corrected chi connectivity index (χ4v) is 12.8. The first-order valence-corrected chi connectivity index (χ1v) is 20.7. The average Bonchev–Trinajstić information content (AvgIpc) is 3.16. The number of carbonyl (C=O) groups excluding carboxylic acids is 1. The second-order valence-corrected chi connectivity index (χ2v) is 20.0. The minimum atomic E-state index is -1.71. The van der Waals surface area contributed by atoms with Gasteiger partial charge in [0, 0.05) is 0 Å². The molecule has 18 unspecified atom stereocenters. The lowest BCUT2D eigenvalue weighted by molar-refractivity contribution is -0.326. The number of fused-ring (bicyclic) bond motifs is 7. The predicted molar refractivity (Wildman–Crippen MR) is 199 cm³/mol. The molecule has 0 aromatic heterocycles. The van der Waals surface area contributed by atoms with E-state index in [1.165, 1.54) is 0 Å². The monoisotopic (exact) mass is 808 g/mol. The first kappa shape index (κ1) is 43.1. The molecule has 18 atom stereocenters. The van der Waals surface area contributed by atoms with Gasteiger partial charge in [0.25, 0.3) is 0 Å².